The fraction of sp³-hybridized carbons (Fsp3) is 0.571. The van der Waals surface area contributed by atoms with E-state index in [1.54, 1.807) is 6.07 Å². The van der Waals surface area contributed by atoms with E-state index in [-0.39, 0.29) is 18.6 Å². The molecule has 1 atom stereocenters. The quantitative estimate of drug-likeness (QED) is 0.854. The molecule has 1 aliphatic rings. The van der Waals surface area contributed by atoms with E-state index in [1.807, 2.05) is 32.0 Å². The standard InChI is InChI=1S/C14H20FNO/c1-10(2)17-13-6-4-3-5-12(13)14(15,9-16)11-7-8-11/h3-6,10-11H,7-9,16H2,1-2H3. The zero-order valence-electron chi connectivity index (χ0n) is 10.4. The van der Waals surface area contributed by atoms with Crippen LogP contribution >= 0.6 is 0 Å². The minimum atomic E-state index is -1.43. The van der Waals surface area contributed by atoms with Crippen LogP contribution in [0.5, 0.6) is 5.75 Å². The van der Waals surface area contributed by atoms with Crippen LogP contribution in [-0.4, -0.2) is 12.6 Å². The van der Waals surface area contributed by atoms with Crippen molar-refractivity contribution in [2.75, 3.05) is 6.54 Å². The third kappa shape index (κ3) is 2.44. The number of para-hydroxylation sites is 1. The first-order chi connectivity index (χ1) is 8.08. The molecular weight excluding hydrogens is 217 g/mol. The molecule has 0 amide bonds. The van der Waals surface area contributed by atoms with Gasteiger partial charge in [-0.05, 0) is 38.7 Å². The van der Waals surface area contributed by atoms with Gasteiger partial charge in [-0.1, -0.05) is 18.2 Å². The summed E-state index contributed by atoms with van der Waals surface area (Å²) in [6.07, 6.45) is 1.88. The number of rotatable bonds is 5. The van der Waals surface area contributed by atoms with Gasteiger partial charge in [0.1, 0.15) is 5.75 Å². The van der Waals surface area contributed by atoms with Crippen LogP contribution in [0.3, 0.4) is 0 Å². The van der Waals surface area contributed by atoms with E-state index in [1.165, 1.54) is 0 Å². The van der Waals surface area contributed by atoms with Crippen LogP contribution in [0.15, 0.2) is 24.3 Å². The number of hydrogen-bond acceptors (Lipinski definition) is 2. The van der Waals surface area contributed by atoms with Crippen molar-refractivity contribution >= 4 is 0 Å². The molecule has 94 valence electrons. The first kappa shape index (κ1) is 12.4. The Morgan fingerprint density at radius 1 is 1.41 bits per heavy atom. The summed E-state index contributed by atoms with van der Waals surface area (Å²) < 4.78 is 20.6. The Hall–Kier alpha value is -1.09. The molecule has 17 heavy (non-hydrogen) atoms. The van der Waals surface area contributed by atoms with Crippen molar-refractivity contribution in [2.45, 2.75) is 38.5 Å². The lowest BCUT2D eigenvalue weighted by atomic mass is 9.90. The van der Waals surface area contributed by atoms with Crippen LogP contribution in [-0.2, 0) is 5.67 Å². The third-order valence-electron chi connectivity index (χ3n) is 3.22. The zero-order valence-corrected chi connectivity index (χ0v) is 10.4. The maximum Gasteiger partial charge on any atom is 0.154 e. The molecule has 2 rings (SSSR count). The average Bonchev–Trinajstić information content (AvgIpc) is 3.12. The van der Waals surface area contributed by atoms with Gasteiger partial charge in [-0.3, -0.25) is 0 Å². The van der Waals surface area contributed by atoms with Crippen LogP contribution in [0, 0.1) is 5.92 Å². The molecule has 0 heterocycles. The number of ether oxygens (including phenoxy) is 1. The van der Waals surface area contributed by atoms with E-state index in [2.05, 4.69) is 0 Å². The first-order valence-electron chi connectivity index (χ1n) is 6.23. The first-order valence-corrected chi connectivity index (χ1v) is 6.23. The van der Waals surface area contributed by atoms with E-state index < -0.39 is 5.67 Å². The number of hydrogen-bond donors (Lipinski definition) is 1. The van der Waals surface area contributed by atoms with Crippen LogP contribution in [0.4, 0.5) is 4.39 Å². The fourth-order valence-corrected chi connectivity index (χ4v) is 2.20. The molecule has 0 radical (unpaired) electrons. The minimum absolute atomic E-state index is 0.0239. The lowest BCUT2D eigenvalue weighted by Crippen LogP contribution is -2.33. The van der Waals surface area contributed by atoms with Crippen molar-refractivity contribution in [2.24, 2.45) is 11.7 Å². The number of benzene rings is 1. The Morgan fingerprint density at radius 3 is 2.59 bits per heavy atom. The minimum Gasteiger partial charge on any atom is -0.491 e. The molecule has 0 saturated heterocycles. The summed E-state index contributed by atoms with van der Waals surface area (Å²) in [6.45, 7) is 3.91. The highest BCUT2D eigenvalue weighted by atomic mass is 19.1. The Labute approximate surface area is 102 Å². The largest absolute Gasteiger partial charge is 0.491 e. The Balaban J connectivity index is 2.35. The molecule has 2 nitrogen and oxygen atoms in total. The maximum absolute atomic E-state index is 14.9. The molecule has 1 aliphatic carbocycles. The van der Waals surface area contributed by atoms with E-state index >= 15 is 0 Å². The van der Waals surface area contributed by atoms with Crippen molar-refractivity contribution < 1.29 is 9.13 Å². The molecule has 1 unspecified atom stereocenters. The van der Waals surface area contributed by atoms with Crippen molar-refractivity contribution in [1.29, 1.82) is 0 Å². The second-order valence-corrected chi connectivity index (χ2v) is 5.00. The van der Waals surface area contributed by atoms with Gasteiger partial charge in [0.2, 0.25) is 0 Å². The van der Waals surface area contributed by atoms with Crippen molar-refractivity contribution in [3.8, 4) is 5.75 Å². The summed E-state index contributed by atoms with van der Waals surface area (Å²) in [5, 5.41) is 0. The molecule has 3 heteroatoms. The molecule has 0 bridgehead atoms. The van der Waals surface area contributed by atoms with Crippen molar-refractivity contribution in [1.82, 2.24) is 0 Å². The van der Waals surface area contributed by atoms with Gasteiger partial charge in [0, 0.05) is 12.1 Å². The second kappa shape index (κ2) is 4.65. The maximum atomic E-state index is 14.9. The lowest BCUT2D eigenvalue weighted by Gasteiger charge is -2.27. The van der Waals surface area contributed by atoms with E-state index in [0.29, 0.717) is 11.3 Å². The third-order valence-corrected chi connectivity index (χ3v) is 3.22. The van der Waals surface area contributed by atoms with Gasteiger partial charge in [0.15, 0.2) is 5.67 Å². The smallest absolute Gasteiger partial charge is 0.154 e. The topological polar surface area (TPSA) is 35.2 Å². The molecule has 0 spiro atoms. The van der Waals surface area contributed by atoms with Gasteiger partial charge in [0.05, 0.1) is 6.10 Å². The Kier molecular flexibility index (Phi) is 3.38. The van der Waals surface area contributed by atoms with E-state index in [0.717, 1.165) is 12.8 Å². The number of nitrogens with two attached hydrogens (primary N) is 1. The molecule has 1 fully saturated rings. The highest BCUT2D eigenvalue weighted by Gasteiger charge is 2.47. The average molecular weight is 237 g/mol. The van der Waals surface area contributed by atoms with Gasteiger partial charge < -0.3 is 10.5 Å². The van der Waals surface area contributed by atoms with Crippen LogP contribution < -0.4 is 10.5 Å². The van der Waals surface area contributed by atoms with Crippen LogP contribution in [0.25, 0.3) is 0 Å². The second-order valence-electron chi connectivity index (χ2n) is 5.00. The van der Waals surface area contributed by atoms with Crippen molar-refractivity contribution in [3.05, 3.63) is 29.8 Å². The molecule has 0 aliphatic heterocycles. The highest BCUT2D eigenvalue weighted by molar-refractivity contribution is 5.40. The normalized spacial score (nSPS) is 19.1. The SMILES string of the molecule is CC(C)Oc1ccccc1C(F)(CN)C1CC1. The van der Waals surface area contributed by atoms with Gasteiger partial charge in [-0.2, -0.15) is 0 Å². The summed E-state index contributed by atoms with van der Waals surface area (Å²) in [5.41, 5.74) is 4.83. The summed E-state index contributed by atoms with van der Waals surface area (Å²) in [5.74, 6) is 0.687. The molecule has 1 aromatic carbocycles. The Morgan fingerprint density at radius 2 is 2.06 bits per heavy atom. The van der Waals surface area contributed by atoms with Gasteiger partial charge >= 0.3 is 0 Å². The number of alkyl halides is 1. The summed E-state index contributed by atoms with van der Waals surface area (Å²) in [6, 6.07) is 7.32. The summed E-state index contributed by atoms with van der Waals surface area (Å²) in [4.78, 5) is 0. The van der Waals surface area contributed by atoms with Crippen molar-refractivity contribution in [3.63, 3.8) is 0 Å². The van der Waals surface area contributed by atoms with Crippen LogP contribution in [0.1, 0.15) is 32.3 Å². The predicted octanol–water partition coefficient (Wildman–Crippen LogP) is 3.01. The molecule has 0 aromatic heterocycles. The fourth-order valence-electron chi connectivity index (χ4n) is 2.20. The highest BCUT2D eigenvalue weighted by Crippen LogP contribution is 2.50. The van der Waals surface area contributed by atoms with Crippen LogP contribution in [0.2, 0.25) is 0 Å². The summed E-state index contributed by atoms with van der Waals surface area (Å²) >= 11 is 0. The summed E-state index contributed by atoms with van der Waals surface area (Å²) in [7, 11) is 0. The number of halogens is 1. The Bertz CT molecular complexity index is 390. The molecule has 1 aromatic rings. The molecule has 2 N–H and O–H groups in total. The van der Waals surface area contributed by atoms with Gasteiger partial charge in [-0.25, -0.2) is 4.39 Å². The lowest BCUT2D eigenvalue weighted by molar-refractivity contribution is 0.132. The predicted molar refractivity (Wildman–Crippen MR) is 66.8 cm³/mol. The van der Waals surface area contributed by atoms with Gasteiger partial charge in [0.25, 0.3) is 0 Å². The molecule has 1 saturated carbocycles. The van der Waals surface area contributed by atoms with E-state index in [9.17, 15) is 4.39 Å². The zero-order chi connectivity index (χ0) is 12.5. The monoisotopic (exact) mass is 237 g/mol. The van der Waals surface area contributed by atoms with Gasteiger partial charge in [-0.15, -0.1) is 0 Å². The molecular formula is C14H20FNO. The van der Waals surface area contributed by atoms with E-state index in [4.69, 9.17) is 10.5 Å².